The minimum atomic E-state index is -1.15. The second-order valence-electron chi connectivity index (χ2n) is 5.89. The predicted octanol–water partition coefficient (Wildman–Crippen LogP) is 2.03. The molecular formula is C13H25NO5. The van der Waals surface area contributed by atoms with E-state index in [9.17, 15) is 9.59 Å². The Balaban J connectivity index is 4.49. The summed E-state index contributed by atoms with van der Waals surface area (Å²) in [6, 6.07) is -1.14. The number of alkyl carbamates (subject to hydrolysis) is 1. The van der Waals surface area contributed by atoms with Gasteiger partial charge in [0.05, 0.1) is 18.3 Å². The number of hydrogen-bond acceptors (Lipinski definition) is 4. The van der Waals surface area contributed by atoms with Gasteiger partial charge in [0.1, 0.15) is 0 Å². The first-order valence-corrected chi connectivity index (χ1v) is 6.37. The number of carbonyl (C=O) groups is 2. The largest absolute Gasteiger partial charge is 0.480 e. The fraction of sp³-hybridized carbons (Fsp3) is 0.846. The lowest BCUT2D eigenvalue weighted by atomic mass is 10.1. The van der Waals surface area contributed by atoms with Crippen LogP contribution in [0.25, 0.3) is 0 Å². The standard InChI is InChI=1S/C13H25NO5/c1-8(2)7-18-12(17)14-10(11(15)16)9(3)19-13(4,5)6/h8-10H,7H2,1-6H3,(H,14,17)(H,15,16)/t9-,10+/m1/s1. The molecule has 0 spiro atoms. The molecule has 0 saturated carbocycles. The first kappa shape index (κ1) is 17.7. The van der Waals surface area contributed by atoms with E-state index >= 15 is 0 Å². The van der Waals surface area contributed by atoms with E-state index in [1.54, 1.807) is 6.92 Å². The zero-order valence-electron chi connectivity index (χ0n) is 12.5. The van der Waals surface area contributed by atoms with Crippen molar-refractivity contribution in [1.29, 1.82) is 0 Å². The van der Waals surface area contributed by atoms with E-state index in [2.05, 4.69) is 5.32 Å². The molecule has 0 aliphatic heterocycles. The molecule has 0 heterocycles. The van der Waals surface area contributed by atoms with Gasteiger partial charge in [0.25, 0.3) is 0 Å². The molecule has 6 heteroatoms. The average molecular weight is 275 g/mol. The van der Waals surface area contributed by atoms with Gasteiger partial charge in [-0.15, -0.1) is 0 Å². The molecule has 19 heavy (non-hydrogen) atoms. The number of amides is 1. The Morgan fingerprint density at radius 2 is 1.74 bits per heavy atom. The van der Waals surface area contributed by atoms with Crippen LogP contribution in [0.15, 0.2) is 0 Å². The summed E-state index contributed by atoms with van der Waals surface area (Å²) in [7, 11) is 0. The highest BCUT2D eigenvalue weighted by atomic mass is 16.6. The smallest absolute Gasteiger partial charge is 0.407 e. The third-order valence-corrected chi connectivity index (χ3v) is 2.10. The molecule has 0 bridgehead atoms. The molecule has 0 fully saturated rings. The molecule has 0 saturated heterocycles. The van der Waals surface area contributed by atoms with Crippen LogP contribution in [-0.4, -0.2) is 41.5 Å². The van der Waals surface area contributed by atoms with E-state index < -0.39 is 29.8 Å². The number of hydrogen-bond donors (Lipinski definition) is 2. The van der Waals surface area contributed by atoms with Crippen LogP contribution >= 0.6 is 0 Å². The minimum absolute atomic E-state index is 0.192. The Morgan fingerprint density at radius 1 is 1.21 bits per heavy atom. The predicted molar refractivity (Wildman–Crippen MR) is 71.0 cm³/mol. The van der Waals surface area contributed by atoms with Gasteiger partial charge in [0.15, 0.2) is 6.04 Å². The maximum Gasteiger partial charge on any atom is 0.407 e. The Labute approximate surface area is 114 Å². The van der Waals surface area contributed by atoms with Crippen molar-refractivity contribution < 1.29 is 24.2 Å². The van der Waals surface area contributed by atoms with E-state index in [0.29, 0.717) is 0 Å². The van der Waals surface area contributed by atoms with Gasteiger partial charge in [0.2, 0.25) is 0 Å². The summed E-state index contributed by atoms with van der Waals surface area (Å²) in [6.07, 6.45) is -1.41. The van der Waals surface area contributed by atoms with Gasteiger partial charge in [-0.2, -0.15) is 0 Å². The molecule has 0 aliphatic rings. The van der Waals surface area contributed by atoms with Crippen LogP contribution in [0.4, 0.5) is 4.79 Å². The molecule has 0 radical (unpaired) electrons. The molecule has 1 amide bonds. The van der Waals surface area contributed by atoms with Crippen LogP contribution in [-0.2, 0) is 14.3 Å². The topological polar surface area (TPSA) is 84.9 Å². The molecular weight excluding hydrogens is 250 g/mol. The molecule has 112 valence electrons. The number of carbonyl (C=O) groups excluding carboxylic acids is 1. The summed E-state index contributed by atoms with van der Waals surface area (Å²) < 4.78 is 10.4. The van der Waals surface area contributed by atoms with Crippen LogP contribution in [0.1, 0.15) is 41.5 Å². The summed E-state index contributed by atoms with van der Waals surface area (Å²) in [5.74, 6) is -0.962. The summed E-state index contributed by atoms with van der Waals surface area (Å²) in [6.45, 7) is 11.1. The second kappa shape index (κ2) is 7.33. The van der Waals surface area contributed by atoms with Crippen LogP contribution < -0.4 is 5.32 Å². The number of rotatable bonds is 6. The number of aliphatic carboxylic acids is 1. The molecule has 6 nitrogen and oxygen atoms in total. The zero-order chi connectivity index (χ0) is 15.2. The highest BCUT2D eigenvalue weighted by molar-refractivity contribution is 5.80. The number of carboxylic acid groups (broad SMARTS) is 1. The average Bonchev–Trinajstić information content (AvgIpc) is 2.19. The van der Waals surface area contributed by atoms with Crippen molar-refractivity contribution in [3.8, 4) is 0 Å². The fourth-order valence-corrected chi connectivity index (χ4v) is 1.42. The monoisotopic (exact) mass is 275 g/mol. The first-order chi connectivity index (χ1) is 8.53. The number of carboxylic acids is 1. The Bertz CT molecular complexity index is 309. The summed E-state index contributed by atoms with van der Waals surface area (Å²) >= 11 is 0. The van der Waals surface area contributed by atoms with Crippen LogP contribution in [0.5, 0.6) is 0 Å². The first-order valence-electron chi connectivity index (χ1n) is 6.37. The van der Waals surface area contributed by atoms with Crippen molar-refractivity contribution >= 4 is 12.1 Å². The van der Waals surface area contributed by atoms with Crippen molar-refractivity contribution in [2.24, 2.45) is 5.92 Å². The molecule has 0 aliphatic carbocycles. The lowest BCUT2D eigenvalue weighted by Crippen LogP contribution is -2.50. The molecule has 0 aromatic heterocycles. The van der Waals surface area contributed by atoms with Crippen molar-refractivity contribution in [3.05, 3.63) is 0 Å². The van der Waals surface area contributed by atoms with E-state index in [1.807, 2.05) is 34.6 Å². The normalized spacial score (nSPS) is 14.9. The number of ether oxygens (including phenoxy) is 2. The fourth-order valence-electron chi connectivity index (χ4n) is 1.42. The maximum atomic E-state index is 11.5. The molecule has 0 rings (SSSR count). The van der Waals surface area contributed by atoms with Crippen molar-refractivity contribution in [1.82, 2.24) is 5.32 Å². The van der Waals surface area contributed by atoms with E-state index in [-0.39, 0.29) is 12.5 Å². The van der Waals surface area contributed by atoms with Crippen LogP contribution in [0.2, 0.25) is 0 Å². The molecule has 0 aromatic carbocycles. The number of nitrogens with one attached hydrogen (secondary N) is 1. The Morgan fingerprint density at radius 3 is 2.11 bits per heavy atom. The van der Waals surface area contributed by atoms with Gasteiger partial charge in [-0.25, -0.2) is 9.59 Å². The van der Waals surface area contributed by atoms with Crippen LogP contribution in [0.3, 0.4) is 0 Å². The lowest BCUT2D eigenvalue weighted by Gasteiger charge is -2.29. The van der Waals surface area contributed by atoms with E-state index in [0.717, 1.165) is 0 Å². The molecule has 0 aromatic rings. The molecule has 2 N–H and O–H groups in total. The highest BCUT2D eigenvalue weighted by Gasteiger charge is 2.30. The second-order valence-corrected chi connectivity index (χ2v) is 5.89. The summed E-state index contributed by atoms with van der Waals surface area (Å²) in [4.78, 5) is 22.6. The van der Waals surface area contributed by atoms with Gasteiger partial charge >= 0.3 is 12.1 Å². The highest BCUT2D eigenvalue weighted by Crippen LogP contribution is 2.13. The zero-order valence-corrected chi connectivity index (χ0v) is 12.5. The van der Waals surface area contributed by atoms with Gasteiger partial charge in [0, 0.05) is 0 Å². The maximum absolute atomic E-state index is 11.5. The van der Waals surface area contributed by atoms with E-state index in [1.165, 1.54) is 0 Å². The van der Waals surface area contributed by atoms with Gasteiger partial charge in [-0.3, -0.25) is 0 Å². The third kappa shape index (κ3) is 8.42. The van der Waals surface area contributed by atoms with Crippen molar-refractivity contribution in [2.75, 3.05) is 6.61 Å². The Hall–Kier alpha value is -1.30. The quantitative estimate of drug-likeness (QED) is 0.774. The minimum Gasteiger partial charge on any atom is -0.480 e. The molecule has 0 unspecified atom stereocenters. The van der Waals surface area contributed by atoms with E-state index in [4.69, 9.17) is 14.6 Å². The van der Waals surface area contributed by atoms with Crippen molar-refractivity contribution in [3.63, 3.8) is 0 Å². The van der Waals surface area contributed by atoms with Gasteiger partial charge < -0.3 is 19.9 Å². The summed E-state index contributed by atoms with van der Waals surface area (Å²) in [5.41, 5.74) is -0.489. The SMILES string of the molecule is CC(C)COC(=O)N[C@H](C(=O)O)[C@@H](C)OC(C)(C)C. The van der Waals surface area contributed by atoms with Crippen LogP contribution in [0, 0.1) is 5.92 Å². The third-order valence-electron chi connectivity index (χ3n) is 2.10. The van der Waals surface area contributed by atoms with Gasteiger partial charge in [-0.1, -0.05) is 13.8 Å². The summed E-state index contributed by atoms with van der Waals surface area (Å²) in [5, 5.41) is 11.4. The molecule has 2 atom stereocenters. The van der Waals surface area contributed by atoms with Gasteiger partial charge in [-0.05, 0) is 33.6 Å². The lowest BCUT2D eigenvalue weighted by molar-refractivity contribution is -0.147. The van der Waals surface area contributed by atoms with Crippen molar-refractivity contribution in [2.45, 2.75) is 59.3 Å². The Kier molecular flexibility index (Phi) is 6.83.